The molecule has 1 aromatic carbocycles. The lowest BCUT2D eigenvalue weighted by molar-refractivity contribution is 0.302. The third kappa shape index (κ3) is 0.947. The molecule has 2 nitrogen and oxygen atoms in total. The summed E-state index contributed by atoms with van der Waals surface area (Å²) in [5.74, 6) is 1.02. The fourth-order valence-corrected chi connectivity index (χ4v) is 2.84. The Morgan fingerprint density at radius 1 is 1.29 bits per heavy atom. The van der Waals surface area contributed by atoms with Gasteiger partial charge in [0.2, 0.25) is 0 Å². The van der Waals surface area contributed by atoms with Gasteiger partial charge < -0.3 is 5.21 Å². The molecule has 1 aromatic rings. The minimum absolute atomic E-state index is 0.438. The van der Waals surface area contributed by atoms with Crippen LogP contribution in [0.3, 0.4) is 0 Å². The second kappa shape index (κ2) is 2.74. The van der Waals surface area contributed by atoms with Gasteiger partial charge in [-0.15, -0.1) is 0 Å². The van der Waals surface area contributed by atoms with E-state index in [1.807, 2.05) is 12.1 Å². The van der Waals surface area contributed by atoms with Gasteiger partial charge in [0.25, 0.3) is 0 Å². The van der Waals surface area contributed by atoms with Crippen molar-refractivity contribution in [1.29, 1.82) is 0 Å². The number of oxime groups is 1. The molecular formula is C11H10ClNO. The molecule has 0 saturated heterocycles. The summed E-state index contributed by atoms with van der Waals surface area (Å²) in [6.07, 6.45) is 1.90. The molecule has 72 valence electrons. The summed E-state index contributed by atoms with van der Waals surface area (Å²) in [4.78, 5) is 0. The number of rotatable bonds is 0. The first-order valence-corrected chi connectivity index (χ1v) is 5.16. The standard InChI is InChI=1S/C11H10ClNO/c12-7-1-2-8-6(3-7)4-10-9(8)5-11(10)13-14/h1-3,9-10,14H,4-5H2/b13-11+. The van der Waals surface area contributed by atoms with Crippen LogP contribution in [0.4, 0.5) is 0 Å². The van der Waals surface area contributed by atoms with Gasteiger partial charge in [0.1, 0.15) is 0 Å². The van der Waals surface area contributed by atoms with E-state index in [4.69, 9.17) is 16.8 Å². The molecule has 1 N–H and O–H groups in total. The van der Waals surface area contributed by atoms with Gasteiger partial charge in [-0.3, -0.25) is 0 Å². The maximum Gasteiger partial charge on any atom is 0.0617 e. The molecule has 0 heterocycles. The van der Waals surface area contributed by atoms with Crippen LogP contribution in [0.1, 0.15) is 23.5 Å². The van der Waals surface area contributed by atoms with Crippen molar-refractivity contribution < 1.29 is 5.21 Å². The molecule has 14 heavy (non-hydrogen) atoms. The number of nitrogens with zero attached hydrogens (tertiary/aromatic N) is 1. The van der Waals surface area contributed by atoms with Crippen molar-refractivity contribution >= 4 is 17.3 Å². The van der Waals surface area contributed by atoms with E-state index in [0.29, 0.717) is 11.8 Å². The lowest BCUT2D eigenvalue weighted by Gasteiger charge is -2.31. The van der Waals surface area contributed by atoms with Gasteiger partial charge in [0, 0.05) is 10.9 Å². The first kappa shape index (κ1) is 8.30. The number of hydrogen-bond acceptors (Lipinski definition) is 2. The van der Waals surface area contributed by atoms with Crippen LogP contribution < -0.4 is 0 Å². The van der Waals surface area contributed by atoms with E-state index in [-0.39, 0.29) is 0 Å². The van der Waals surface area contributed by atoms with E-state index < -0.39 is 0 Å². The van der Waals surface area contributed by atoms with Crippen LogP contribution in [-0.2, 0) is 6.42 Å². The quantitative estimate of drug-likeness (QED) is 0.515. The molecule has 0 radical (unpaired) electrons. The average Bonchev–Trinajstić information content (AvgIpc) is 2.41. The van der Waals surface area contributed by atoms with E-state index in [2.05, 4.69) is 11.2 Å². The van der Waals surface area contributed by atoms with Gasteiger partial charge in [0.15, 0.2) is 0 Å². The van der Waals surface area contributed by atoms with Crippen molar-refractivity contribution in [3.63, 3.8) is 0 Å². The summed E-state index contributed by atoms with van der Waals surface area (Å²) >= 11 is 5.93. The van der Waals surface area contributed by atoms with Crippen LogP contribution >= 0.6 is 11.6 Å². The molecule has 2 aliphatic rings. The van der Waals surface area contributed by atoms with Gasteiger partial charge in [0.05, 0.1) is 5.71 Å². The summed E-state index contributed by atoms with van der Waals surface area (Å²) < 4.78 is 0. The molecule has 2 unspecified atom stereocenters. The highest BCUT2D eigenvalue weighted by Gasteiger charge is 2.44. The normalized spacial score (nSPS) is 31.1. The second-order valence-corrected chi connectivity index (χ2v) is 4.49. The van der Waals surface area contributed by atoms with Gasteiger partial charge >= 0.3 is 0 Å². The Morgan fingerprint density at radius 3 is 2.93 bits per heavy atom. The fraction of sp³-hybridized carbons (Fsp3) is 0.364. The Kier molecular flexibility index (Phi) is 1.62. The van der Waals surface area contributed by atoms with E-state index >= 15 is 0 Å². The molecule has 0 aromatic heterocycles. The Balaban J connectivity index is 2.02. The molecule has 2 atom stereocenters. The summed E-state index contributed by atoms with van der Waals surface area (Å²) in [5, 5.41) is 12.9. The van der Waals surface area contributed by atoms with Crippen molar-refractivity contribution in [3.8, 4) is 0 Å². The number of benzene rings is 1. The highest BCUT2D eigenvalue weighted by atomic mass is 35.5. The van der Waals surface area contributed by atoms with Crippen LogP contribution in [-0.4, -0.2) is 10.9 Å². The molecule has 3 heteroatoms. The minimum atomic E-state index is 0.438. The van der Waals surface area contributed by atoms with Crippen LogP contribution in [0.5, 0.6) is 0 Å². The molecule has 2 aliphatic carbocycles. The van der Waals surface area contributed by atoms with E-state index in [1.54, 1.807) is 0 Å². The maximum absolute atomic E-state index is 8.73. The van der Waals surface area contributed by atoms with Crippen molar-refractivity contribution in [2.75, 3.05) is 0 Å². The van der Waals surface area contributed by atoms with Crippen molar-refractivity contribution in [2.45, 2.75) is 18.8 Å². The highest BCUT2D eigenvalue weighted by Crippen LogP contribution is 2.49. The van der Waals surface area contributed by atoms with Gasteiger partial charge in [-0.2, -0.15) is 0 Å². The van der Waals surface area contributed by atoms with Crippen molar-refractivity contribution in [1.82, 2.24) is 0 Å². The summed E-state index contributed by atoms with van der Waals surface area (Å²) in [5.41, 5.74) is 3.67. The Bertz CT molecular complexity index is 427. The largest absolute Gasteiger partial charge is 0.411 e. The molecule has 0 amide bonds. The minimum Gasteiger partial charge on any atom is -0.411 e. The van der Waals surface area contributed by atoms with Crippen molar-refractivity contribution in [3.05, 3.63) is 34.3 Å². The SMILES string of the molecule is O/N=C1\CC2c3ccc(Cl)cc3CC12. The predicted molar refractivity (Wildman–Crippen MR) is 55.2 cm³/mol. The number of fused-ring (bicyclic) bond motifs is 3. The molecule has 1 saturated carbocycles. The zero-order chi connectivity index (χ0) is 9.71. The van der Waals surface area contributed by atoms with Gasteiger partial charge in [-0.05, 0) is 42.0 Å². The summed E-state index contributed by atoms with van der Waals surface area (Å²) in [6.45, 7) is 0. The third-order valence-electron chi connectivity index (χ3n) is 3.42. The first-order valence-electron chi connectivity index (χ1n) is 4.78. The van der Waals surface area contributed by atoms with Gasteiger partial charge in [-0.25, -0.2) is 0 Å². The van der Waals surface area contributed by atoms with Crippen LogP contribution in [0.15, 0.2) is 23.4 Å². The molecule has 1 fully saturated rings. The molecular weight excluding hydrogens is 198 g/mol. The van der Waals surface area contributed by atoms with E-state index in [9.17, 15) is 0 Å². The molecule has 0 aliphatic heterocycles. The van der Waals surface area contributed by atoms with Crippen molar-refractivity contribution in [2.24, 2.45) is 11.1 Å². The summed E-state index contributed by atoms with van der Waals surface area (Å²) in [7, 11) is 0. The molecule has 0 spiro atoms. The Hall–Kier alpha value is -1.02. The van der Waals surface area contributed by atoms with Crippen LogP contribution in [0.25, 0.3) is 0 Å². The maximum atomic E-state index is 8.73. The predicted octanol–water partition coefficient (Wildman–Crippen LogP) is 2.83. The first-order chi connectivity index (χ1) is 6.79. The molecule has 3 rings (SSSR count). The van der Waals surface area contributed by atoms with Gasteiger partial charge in [-0.1, -0.05) is 22.8 Å². The number of hydrogen-bond donors (Lipinski definition) is 1. The van der Waals surface area contributed by atoms with E-state index in [1.165, 1.54) is 11.1 Å². The summed E-state index contributed by atoms with van der Waals surface area (Å²) in [6, 6.07) is 6.08. The van der Waals surface area contributed by atoms with Crippen LogP contribution in [0.2, 0.25) is 5.02 Å². The Morgan fingerprint density at radius 2 is 2.14 bits per heavy atom. The number of halogens is 1. The second-order valence-electron chi connectivity index (χ2n) is 4.06. The lowest BCUT2D eigenvalue weighted by Crippen LogP contribution is -2.32. The molecule has 0 bridgehead atoms. The van der Waals surface area contributed by atoms with Crippen LogP contribution in [0, 0.1) is 5.92 Å². The zero-order valence-electron chi connectivity index (χ0n) is 7.57. The third-order valence-corrected chi connectivity index (χ3v) is 3.65. The average molecular weight is 208 g/mol. The topological polar surface area (TPSA) is 32.6 Å². The Labute approximate surface area is 87.2 Å². The lowest BCUT2D eigenvalue weighted by atomic mass is 9.72. The highest BCUT2D eigenvalue weighted by molar-refractivity contribution is 6.30. The smallest absolute Gasteiger partial charge is 0.0617 e. The zero-order valence-corrected chi connectivity index (χ0v) is 8.33. The fourth-order valence-electron chi connectivity index (χ4n) is 2.64. The van der Waals surface area contributed by atoms with E-state index in [0.717, 1.165) is 23.6 Å². The monoisotopic (exact) mass is 207 g/mol.